The van der Waals surface area contributed by atoms with E-state index in [1.54, 1.807) is 0 Å². The van der Waals surface area contributed by atoms with Crippen molar-refractivity contribution in [3.8, 4) is 0 Å². The van der Waals surface area contributed by atoms with Crippen LogP contribution in [0.5, 0.6) is 0 Å². The van der Waals surface area contributed by atoms with Crippen LogP contribution >= 0.6 is 11.3 Å². The molecule has 3 rings (SSSR count). The van der Waals surface area contributed by atoms with Gasteiger partial charge >= 0.3 is 0 Å². The molecule has 0 aromatic carbocycles. The molecule has 19 heavy (non-hydrogen) atoms. The fraction of sp³-hybridized carbons (Fsp3) is 0.667. The van der Waals surface area contributed by atoms with E-state index in [0.29, 0.717) is 11.7 Å². The van der Waals surface area contributed by atoms with Crippen LogP contribution in [0.15, 0.2) is 6.07 Å². The molecule has 0 aliphatic heterocycles. The second-order valence-electron chi connectivity index (χ2n) is 6.26. The molecule has 0 radical (unpaired) electrons. The van der Waals surface area contributed by atoms with Crippen LogP contribution < -0.4 is 11.1 Å². The molecule has 0 spiro atoms. The van der Waals surface area contributed by atoms with Crippen molar-refractivity contribution < 1.29 is 4.79 Å². The highest BCUT2D eigenvalue weighted by Crippen LogP contribution is 2.46. The summed E-state index contributed by atoms with van der Waals surface area (Å²) in [6.07, 6.45) is 5.42. The molecule has 0 saturated heterocycles. The first-order valence-corrected chi connectivity index (χ1v) is 8.08. The summed E-state index contributed by atoms with van der Waals surface area (Å²) < 4.78 is 0. The maximum absolute atomic E-state index is 12.1. The van der Waals surface area contributed by atoms with E-state index < -0.39 is 0 Å². The summed E-state index contributed by atoms with van der Waals surface area (Å²) in [6, 6.07) is 2.55. The van der Waals surface area contributed by atoms with Crippen molar-refractivity contribution in [3.63, 3.8) is 0 Å². The summed E-state index contributed by atoms with van der Waals surface area (Å²) in [5, 5.41) is 4.72. The number of hydrogen-bond donors (Lipinski definition) is 2. The van der Waals surface area contributed by atoms with Crippen LogP contribution in [0.25, 0.3) is 0 Å². The number of carbonyl (C=O) groups is 1. The average Bonchev–Trinajstić information content (AvgIpc) is 3.24. The molecular formula is C15H22N2OS. The standard InChI is InChI=1S/C15H22N2OS/c1-8(2)14(18)15-11(16)7-12(19-15)17-13(9-3-4-9)10-5-6-10/h7-10,13,17H,3-6,16H2,1-2H3. The molecule has 0 bridgehead atoms. The second kappa shape index (κ2) is 4.82. The molecule has 3 nitrogen and oxygen atoms in total. The number of rotatable bonds is 6. The van der Waals surface area contributed by atoms with Crippen LogP contribution in [0.1, 0.15) is 49.2 Å². The van der Waals surface area contributed by atoms with Crippen molar-refractivity contribution in [2.24, 2.45) is 17.8 Å². The van der Waals surface area contributed by atoms with Gasteiger partial charge in [0.15, 0.2) is 5.78 Å². The largest absolute Gasteiger partial charge is 0.397 e. The first kappa shape index (κ1) is 13.0. The van der Waals surface area contributed by atoms with Gasteiger partial charge < -0.3 is 11.1 Å². The lowest BCUT2D eigenvalue weighted by Crippen LogP contribution is -2.23. The van der Waals surface area contributed by atoms with E-state index in [-0.39, 0.29) is 11.7 Å². The molecule has 3 N–H and O–H groups in total. The van der Waals surface area contributed by atoms with E-state index in [2.05, 4.69) is 5.32 Å². The minimum Gasteiger partial charge on any atom is -0.397 e. The Morgan fingerprint density at radius 3 is 2.37 bits per heavy atom. The number of nitrogen functional groups attached to an aromatic ring is 1. The van der Waals surface area contributed by atoms with Gasteiger partial charge in [0.25, 0.3) is 0 Å². The molecule has 4 heteroatoms. The first-order valence-electron chi connectivity index (χ1n) is 7.26. The number of ketones is 1. The highest BCUT2D eigenvalue weighted by atomic mass is 32.1. The molecule has 2 fully saturated rings. The smallest absolute Gasteiger partial charge is 0.177 e. The lowest BCUT2D eigenvalue weighted by molar-refractivity contribution is 0.0944. The number of nitrogens with two attached hydrogens (primary N) is 1. The SMILES string of the molecule is CC(C)C(=O)c1sc(NC(C2CC2)C2CC2)cc1N. The van der Waals surface area contributed by atoms with Gasteiger partial charge in [0.1, 0.15) is 0 Å². The second-order valence-corrected chi connectivity index (χ2v) is 7.31. The predicted molar refractivity (Wildman–Crippen MR) is 80.8 cm³/mol. The summed E-state index contributed by atoms with van der Waals surface area (Å²) in [6.45, 7) is 3.84. The Hall–Kier alpha value is -1.03. The van der Waals surface area contributed by atoms with Gasteiger partial charge in [-0.2, -0.15) is 0 Å². The maximum Gasteiger partial charge on any atom is 0.177 e. The molecule has 104 valence electrons. The Kier molecular flexibility index (Phi) is 3.29. The number of Topliss-reactive ketones (excluding diaryl/α,β-unsaturated/α-hetero) is 1. The zero-order valence-electron chi connectivity index (χ0n) is 11.6. The summed E-state index contributed by atoms with van der Waals surface area (Å²) in [5.74, 6) is 1.86. The Bertz CT molecular complexity index is 474. The highest BCUT2D eigenvalue weighted by molar-refractivity contribution is 7.18. The normalized spacial score (nSPS) is 19.2. The van der Waals surface area contributed by atoms with Gasteiger partial charge in [-0.1, -0.05) is 13.8 Å². The molecule has 2 saturated carbocycles. The van der Waals surface area contributed by atoms with Crippen LogP contribution in [0.4, 0.5) is 10.7 Å². The van der Waals surface area contributed by atoms with E-state index in [1.165, 1.54) is 37.0 Å². The van der Waals surface area contributed by atoms with Crippen molar-refractivity contribution in [3.05, 3.63) is 10.9 Å². The summed E-state index contributed by atoms with van der Waals surface area (Å²) in [5.41, 5.74) is 6.62. The first-order chi connectivity index (χ1) is 9.06. The van der Waals surface area contributed by atoms with Crippen molar-refractivity contribution in [2.75, 3.05) is 11.1 Å². The highest BCUT2D eigenvalue weighted by Gasteiger charge is 2.41. The molecule has 1 aromatic heterocycles. The van der Waals surface area contributed by atoms with E-state index in [1.807, 2.05) is 19.9 Å². The molecular weight excluding hydrogens is 256 g/mol. The lowest BCUT2D eigenvalue weighted by Gasteiger charge is -2.17. The monoisotopic (exact) mass is 278 g/mol. The molecule has 2 aliphatic rings. The number of carbonyl (C=O) groups excluding carboxylic acids is 1. The van der Waals surface area contributed by atoms with Crippen molar-refractivity contribution >= 4 is 27.8 Å². The van der Waals surface area contributed by atoms with Crippen molar-refractivity contribution in [1.82, 2.24) is 0 Å². The Balaban J connectivity index is 1.74. The summed E-state index contributed by atoms with van der Waals surface area (Å²) >= 11 is 1.53. The van der Waals surface area contributed by atoms with Crippen molar-refractivity contribution in [2.45, 2.75) is 45.6 Å². The molecule has 1 heterocycles. The maximum atomic E-state index is 12.1. The molecule has 1 aromatic rings. The minimum absolute atomic E-state index is 0.0106. The quantitative estimate of drug-likeness (QED) is 0.779. The molecule has 0 atom stereocenters. The van der Waals surface area contributed by atoms with Gasteiger partial charge in [-0.05, 0) is 43.6 Å². The van der Waals surface area contributed by atoms with Gasteiger partial charge in [-0.3, -0.25) is 4.79 Å². The Labute approximate surface area is 118 Å². The van der Waals surface area contributed by atoms with Gasteiger partial charge in [0.2, 0.25) is 0 Å². The van der Waals surface area contributed by atoms with Crippen molar-refractivity contribution in [1.29, 1.82) is 0 Å². The molecule has 0 unspecified atom stereocenters. The summed E-state index contributed by atoms with van der Waals surface area (Å²) in [7, 11) is 0. The zero-order valence-corrected chi connectivity index (χ0v) is 12.4. The lowest BCUT2D eigenvalue weighted by atomic mass is 10.1. The van der Waals surface area contributed by atoms with Crippen LogP contribution in [0, 0.1) is 17.8 Å². The van der Waals surface area contributed by atoms with Gasteiger partial charge in [-0.15, -0.1) is 11.3 Å². The van der Waals surface area contributed by atoms with E-state index in [0.717, 1.165) is 21.7 Å². The van der Waals surface area contributed by atoms with Gasteiger partial charge in [0, 0.05) is 12.0 Å². The van der Waals surface area contributed by atoms with E-state index in [9.17, 15) is 4.79 Å². The summed E-state index contributed by atoms with van der Waals surface area (Å²) in [4.78, 5) is 12.8. The Morgan fingerprint density at radius 1 is 1.32 bits per heavy atom. The molecule has 0 amide bonds. The third-order valence-corrected chi connectivity index (χ3v) is 5.17. The third kappa shape index (κ3) is 2.78. The third-order valence-electron chi connectivity index (χ3n) is 4.08. The number of thiophene rings is 1. The molecule has 2 aliphatic carbocycles. The van der Waals surface area contributed by atoms with E-state index in [4.69, 9.17) is 5.73 Å². The minimum atomic E-state index is 0.0106. The topological polar surface area (TPSA) is 55.1 Å². The number of nitrogens with one attached hydrogen (secondary N) is 1. The Morgan fingerprint density at radius 2 is 1.89 bits per heavy atom. The fourth-order valence-electron chi connectivity index (χ4n) is 2.63. The number of anilines is 2. The van der Waals surface area contributed by atoms with E-state index >= 15 is 0 Å². The van der Waals surface area contributed by atoms with Crippen LogP contribution in [0.3, 0.4) is 0 Å². The fourth-order valence-corrected chi connectivity index (χ4v) is 3.74. The predicted octanol–water partition coefficient (Wildman–Crippen LogP) is 3.77. The van der Waals surface area contributed by atoms with Crippen LogP contribution in [-0.2, 0) is 0 Å². The number of hydrogen-bond acceptors (Lipinski definition) is 4. The average molecular weight is 278 g/mol. The van der Waals surface area contributed by atoms with Gasteiger partial charge in [0.05, 0.1) is 15.6 Å². The van der Waals surface area contributed by atoms with Crippen LogP contribution in [-0.4, -0.2) is 11.8 Å². The van der Waals surface area contributed by atoms with Gasteiger partial charge in [-0.25, -0.2) is 0 Å². The van der Waals surface area contributed by atoms with Crippen LogP contribution in [0.2, 0.25) is 0 Å². The zero-order chi connectivity index (χ0) is 13.6.